The van der Waals surface area contributed by atoms with E-state index in [0.717, 1.165) is 12.8 Å². The Bertz CT molecular complexity index is 614. The molecule has 0 radical (unpaired) electrons. The largest absolute Gasteiger partial charge is 0.244 e. The van der Waals surface area contributed by atoms with Crippen LogP contribution in [0.1, 0.15) is 25.3 Å². The van der Waals surface area contributed by atoms with Crippen LogP contribution in [0, 0.1) is 5.92 Å². The van der Waals surface area contributed by atoms with Crippen molar-refractivity contribution in [3.8, 4) is 0 Å². The summed E-state index contributed by atoms with van der Waals surface area (Å²) >= 11 is 17.8. The molecule has 1 aromatic rings. The van der Waals surface area contributed by atoms with E-state index in [1.54, 1.807) is 7.05 Å². The highest BCUT2D eigenvalue weighted by atomic mass is 35.5. The molecular weight excluding hydrogens is 341 g/mol. The fraction of sp³-hybridized carbons (Fsp3) is 0.538. The van der Waals surface area contributed by atoms with E-state index in [1.165, 1.54) is 16.4 Å². The third-order valence-electron chi connectivity index (χ3n) is 3.78. The SMILES string of the molecule is CC(C1CC1)N(C)S(=O)(=O)c1cc(CCl)c(Cl)cc1Cl. The van der Waals surface area contributed by atoms with E-state index in [4.69, 9.17) is 34.8 Å². The average molecular weight is 357 g/mol. The van der Waals surface area contributed by atoms with Gasteiger partial charge in [-0.3, -0.25) is 0 Å². The summed E-state index contributed by atoms with van der Waals surface area (Å²) in [6.07, 6.45) is 2.14. The van der Waals surface area contributed by atoms with Crippen LogP contribution in [0.4, 0.5) is 0 Å². The van der Waals surface area contributed by atoms with Gasteiger partial charge >= 0.3 is 0 Å². The molecular formula is C13H16Cl3NO2S. The van der Waals surface area contributed by atoms with Gasteiger partial charge in [-0.2, -0.15) is 4.31 Å². The Morgan fingerprint density at radius 1 is 1.30 bits per heavy atom. The van der Waals surface area contributed by atoms with E-state index in [-0.39, 0.29) is 21.8 Å². The molecule has 1 saturated carbocycles. The first kappa shape index (κ1) is 16.4. The summed E-state index contributed by atoms with van der Waals surface area (Å²) in [5, 5.41) is 0.501. The van der Waals surface area contributed by atoms with Crippen molar-refractivity contribution in [2.75, 3.05) is 7.05 Å². The zero-order valence-electron chi connectivity index (χ0n) is 11.2. The zero-order valence-corrected chi connectivity index (χ0v) is 14.3. The lowest BCUT2D eigenvalue weighted by Crippen LogP contribution is -2.36. The molecule has 112 valence electrons. The van der Waals surface area contributed by atoms with E-state index < -0.39 is 10.0 Å². The summed E-state index contributed by atoms with van der Waals surface area (Å²) in [7, 11) is -2.05. The Kier molecular flexibility index (Phi) is 4.92. The summed E-state index contributed by atoms with van der Waals surface area (Å²) < 4.78 is 26.7. The maximum atomic E-state index is 12.7. The predicted octanol–water partition coefficient (Wildman–Crippen LogP) is 4.15. The molecule has 3 nitrogen and oxygen atoms in total. The lowest BCUT2D eigenvalue weighted by atomic mass is 10.2. The van der Waals surface area contributed by atoms with E-state index in [1.807, 2.05) is 6.92 Å². The third-order valence-corrected chi connectivity index (χ3v) is 6.83. The topological polar surface area (TPSA) is 37.4 Å². The van der Waals surface area contributed by atoms with Gasteiger partial charge in [0.1, 0.15) is 4.90 Å². The van der Waals surface area contributed by atoms with Gasteiger partial charge in [0.15, 0.2) is 0 Å². The van der Waals surface area contributed by atoms with Crippen LogP contribution >= 0.6 is 34.8 Å². The van der Waals surface area contributed by atoms with Crippen molar-refractivity contribution in [2.45, 2.75) is 36.6 Å². The number of sulfonamides is 1. The summed E-state index contributed by atoms with van der Waals surface area (Å²) in [5.74, 6) is 0.578. The molecule has 7 heteroatoms. The molecule has 20 heavy (non-hydrogen) atoms. The van der Waals surface area contributed by atoms with Gasteiger partial charge in [0, 0.05) is 24.0 Å². The lowest BCUT2D eigenvalue weighted by Gasteiger charge is -2.25. The second kappa shape index (κ2) is 6.01. The molecule has 2 rings (SSSR count). The zero-order chi connectivity index (χ0) is 15.1. The van der Waals surface area contributed by atoms with Gasteiger partial charge in [0.05, 0.1) is 5.02 Å². The first-order valence-corrected chi connectivity index (χ1v) is 9.04. The number of halogens is 3. The van der Waals surface area contributed by atoms with Crippen LogP contribution in [-0.2, 0) is 15.9 Å². The summed E-state index contributed by atoms with van der Waals surface area (Å²) in [4.78, 5) is 0.0641. The number of rotatable bonds is 5. The molecule has 1 aliphatic carbocycles. The molecule has 0 heterocycles. The first-order valence-electron chi connectivity index (χ1n) is 6.31. The van der Waals surface area contributed by atoms with Crippen molar-refractivity contribution in [1.82, 2.24) is 4.31 Å². The van der Waals surface area contributed by atoms with Crippen LogP contribution in [0.2, 0.25) is 10.0 Å². The van der Waals surface area contributed by atoms with Crippen molar-refractivity contribution in [3.63, 3.8) is 0 Å². The Morgan fingerprint density at radius 2 is 1.90 bits per heavy atom. The van der Waals surface area contributed by atoms with Crippen molar-refractivity contribution >= 4 is 44.8 Å². The Labute approximate surface area is 134 Å². The molecule has 1 aliphatic rings. The van der Waals surface area contributed by atoms with Crippen molar-refractivity contribution in [3.05, 3.63) is 27.7 Å². The highest BCUT2D eigenvalue weighted by molar-refractivity contribution is 7.89. The summed E-state index contributed by atoms with van der Waals surface area (Å²) in [6, 6.07) is 2.86. The van der Waals surface area contributed by atoms with E-state index >= 15 is 0 Å². The number of hydrogen-bond donors (Lipinski definition) is 0. The molecule has 1 aromatic carbocycles. The monoisotopic (exact) mass is 355 g/mol. The van der Waals surface area contributed by atoms with Gasteiger partial charge in [-0.1, -0.05) is 23.2 Å². The van der Waals surface area contributed by atoms with E-state index in [0.29, 0.717) is 16.5 Å². The van der Waals surface area contributed by atoms with E-state index in [2.05, 4.69) is 0 Å². The average Bonchev–Trinajstić information content (AvgIpc) is 3.21. The molecule has 1 fully saturated rings. The number of nitrogens with zero attached hydrogens (tertiary/aromatic N) is 1. The molecule has 0 N–H and O–H groups in total. The minimum absolute atomic E-state index is 0.0359. The second-order valence-electron chi connectivity index (χ2n) is 5.11. The summed E-state index contributed by atoms with van der Waals surface area (Å²) in [6.45, 7) is 1.92. The van der Waals surface area contributed by atoms with Crippen LogP contribution in [-0.4, -0.2) is 25.8 Å². The second-order valence-corrected chi connectivity index (χ2v) is 8.15. The highest BCUT2D eigenvalue weighted by Crippen LogP contribution is 2.38. The summed E-state index contributed by atoms with van der Waals surface area (Å²) in [5.41, 5.74) is 0.559. The normalized spacial score (nSPS) is 17.5. The maximum Gasteiger partial charge on any atom is 0.244 e. The molecule has 0 aromatic heterocycles. The third kappa shape index (κ3) is 3.09. The Hall–Kier alpha value is -0.000000000000000111. The lowest BCUT2D eigenvalue weighted by molar-refractivity contribution is 0.357. The van der Waals surface area contributed by atoms with Crippen LogP contribution in [0.3, 0.4) is 0 Å². The Morgan fingerprint density at radius 3 is 2.40 bits per heavy atom. The molecule has 0 bridgehead atoms. The minimum Gasteiger partial charge on any atom is -0.207 e. The van der Waals surface area contributed by atoms with Gasteiger partial charge in [-0.15, -0.1) is 11.6 Å². The maximum absolute atomic E-state index is 12.7. The standard InChI is InChI=1S/C13H16Cl3NO2S/c1-8(9-3-4-9)17(2)20(18,19)13-5-10(7-14)11(15)6-12(13)16/h5-6,8-9H,3-4,7H2,1-2H3. The molecule has 1 atom stereocenters. The van der Waals surface area contributed by atoms with Gasteiger partial charge in [-0.05, 0) is 43.4 Å². The highest BCUT2D eigenvalue weighted by Gasteiger charge is 2.36. The molecule has 1 unspecified atom stereocenters. The van der Waals surface area contributed by atoms with Gasteiger partial charge in [-0.25, -0.2) is 8.42 Å². The quantitative estimate of drug-likeness (QED) is 0.743. The smallest absolute Gasteiger partial charge is 0.207 e. The van der Waals surface area contributed by atoms with E-state index in [9.17, 15) is 8.42 Å². The minimum atomic E-state index is -3.64. The number of hydrogen-bond acceptors (Lipinski definition) is 2. The first-order chi connectivity index (χ1) is 9.28. The predicted molar refractivity (Wildman–Crippen MR) is 83.2 cm³/mol. The molecule has 0 spiro atoms. The van der Waals surface area contributed by atoms with Gasteiger partial charge in [0.2, 0.25) is 10.0 Å². The van der Waals surface area contributed by atoms with Crippen molar-refractivity contribution in [1.29, 1.82) is 0 Å². The van der Waals surface area contributed by atoms with Crippen LogP contribution in [0.15, 0.2) is 17.0 Å². The van der Waals surface area contributed by atoms with Crippen LogP contribution < -0.4 is 0 Å². The fourth-order valence-electron chi connectivity index (χ4n) is 2.12. The molecule has 0 saturated heterocycles. The van der Waals surface area contributed by atoms with Gasteiger partial charge in [0.25, 0.3) is 0 Å². The van der Waals surface area contributed by atoms with Gasteiger partial charge < -0.3 is 0 Å². The Balaban J connectivity index is 2.42. The number of benzene rings is 1. The van der Waals surface area contributed by atoms with Crippen molar-refractivity contribution in [2.24, 2.45) is 5.92 Å². The van der Waals surface area contributed by atoms with Crippen molar-refractivity contribution < 1.29 is 8.42 Å². The molecule has 0 amide bonds. The number of alkyl halides is 1. The van der Waals surface area contributed by atoms with Crippen LogP contribution in [0.25, 0.3) is 0 Å². The molecule has 0 aliphatic heterocycles. The van der Waals surface area contributed by atoms with Crippen LogP contribution in [0.5, 0.6) is 0 Å². The fourth-order valence-corrected chi connectivity index (χ4v) is 4.67.